The van der Waals surface area contributed by atoms with Gasteiger partial charge in [-0.2, -0.15) is 0 Å². The van der Waals surface area contributed by atoms with Gasteiger partial charge in [0, 0.05) is 24.3 Å². The van der Waals surface area contributed by atoms with Crippen LogP contribution in [0.2, 0.25) is 10.0 Å². The van der Waals surface area contributed by atoms with Crippen molar-refractivity contribution >= 4 is 29.1 Å². The van der Waals surface area contributed by atoms with E-state index in [1.165, 1.54) is 0 Å². The van der Waals surface area contributed by atoms with Gasteiger partial charge in [-0.1, -0.05) is 43.1 Å². The van der Waals surface area contributed by atoms with E-state index in [1.54, 1.807) is 6.07 Å². The Morgan fingerprint density at radius 1 is 1.27 bits per heavy atom. The van der Waals surface area contributed by atoms with Crippen LogP contribution in [-0.4, -0.2) is 33.4 Å². The van der Waals surface area contributed by atoms with Crippen LogP contribution in [0.4, 0.5) is 0 Å². The molecule has 7 heteroatoms. The van der Waals surface area contributed by atoms with E-state index in [2.05, 4.69) is 18.4 Å². The van der Waals surface area contributed by atoms with Crippen molar-refractivity contribution in [1.82, 2.24) is 14.5 Å². The second kappa shape index (κ2) is 6.87. The van der Waals surface area contributed by atoms with E-state index in [4.69, 9.17) is 33.9 Å². The van der Waals surface area contributed by atoms with Crippen molar-refractivity contribution in [3.05, 3.63) is 39.8 Å². The normalized spacial score (nSPS) is 16.1. The molecule has 1 aromatic heterocycles. The number of amides is 1. The minimum atomic E-state index is -0.535. The Balaban J connectivity index is 2.19. The number of nitrogens with zero attached hydrogens (tertiary/aromatic N) is 3. The molecule has 0 fully saturated rings. The average molecular weight is 395 g/mol. The number of aromatic nitrogens is 2. The average Bonchev–Trinajstić information content (AvgIpc) is 2.98. The lowest BCUT2D eigenvalue weighted by atomic mass is 9.98. The molecular weight excluding hydrogens is 371 g/mol. The van der Waals surface area contributed by atoms with Crippen molar-refractivity contribution in [2.24, 2.45) is 5.73 Å². The maximum atomic E-state index is 12.3. The van der Waals surface area contributed by atoms with E-state index < -0.39 is 5.54 Å². The molecule has 2 aromatic rings. The molecule has 1 amide bonds. The Labute approximate surface area is 164 Å². The highest BCUT2D eigenvalue weighted by molar-refractivity contribution is 6.42. The van der Waals surface area contributed by atoms with Crippen LogP contribution in [0.25, 0.3) is 11.3 Å². The zero-order chi connectivity index (χ0) is 19.2. The highest BCUT2D eigenvalue weighted by Gasteiger charge is 2.41. The van der Waals surface area contributed by atoms with Gasteiger partial charge in [0.1, 0.15) is 5.82 Å². The third-order valence-electron chi connectivity index (χ3n) is 4.99. The standard InChI is InChI=1S/C19H24Cl2N4O/c1-11(2)17-16(12-5-6-13(20)14(21)9-12)23-18-19(3,4)25(15(26)10-22)8-7-24(17)18/h5-6,9,11H,7-8,10,22H2,1-4H3. The number of nitrogens with two attached hydrogens (primary N) is 1. The first-order valence-electron chi connectivity index (χ1n) is 8.75. The van der Waals surface area contributed by atoms with E-state index in [9.17, 15) is 4.79 Å². The highest BCUT2D eigenvalue weighted by Crippen LogP contribution is 2.39. The van der Waals surface area contributed by atoms with E-state index in [1.807, 2.05) is 30.9 Å². The van der Waals surface area contributed by atoms with Crippen LogP contribution >= 0.6 is 23.2 Å². The molecule has 0 spiro atoms. The number of rotatable bonds is 3. The lowest BCUT2D eigenvalue weighted by Gasteiger charge is -2.42. The SMILES string of the molecule is CC(C)c1c(-c2ccc(Cl)c(Cl)c2)nc2n1CCN(C(=O)CN)C2(C)C. The Morgan fingerprint density at radius 3 is 2.54 bits per heavy atom. The lowest BCUT2D eigenvalue weighted by Crippen LogP contribution is -2.53. The summed E-state index contributed by atoms with van der Waals surface area (Å²) in [6, 6.07) is 5.57. The maximum absolute atomic E-state index is 12.3. The van der Waals surface area contributed by atoms with Gasteiger partial charge in [-0.05, 0) is 31.9 Å². The third-order valence-corrected chi connectivity index (χ3v) is 5.73. The second-order valence-electron chi connectivity index (χ2n) is 7.41. The van der Waals surface area contributed by atoms with E-state index in [0.717, 1.165) is 22.8 Å². The quantitative estimate of drug-likeness (QED) is 0.854. The molecule has 0 unspecified atom stereocenters. The molecule has 0 aliphatic carbocycles. The van der Waals surface area contributed by atoms with Gasteiger partial charge in [-0.15, -0.1) is 0 Å². The molecular formula is C19H24Cl2N4O. The summed E-state index contributed by atoms with van der Waals surface area (Å²) < 4.78 is 2.24. The van der Waals surface area contributed by atoms with Gasteiger partial charge < -0.3 is 15.2 Å². The molecule has 140 valence electrons. The van der Waals surface area contributed by atoms with E-state index in [0.29, 0.717) is 23.1 Å². The van der Waals surface area contributed by atoms with Gasteiger partial charge >= 0.3 is 0 Å². The molecule has 0 atom stereocenters. The van der Waals surface area contributed by atoms with Crippen LogP contribution in [0.3, 0.4) is 0 Å². The van der Waals surface area contributed by atoms with Crippen LogP contribution in [-0.2, 0) is 16.9 Å². The van der Waals surface area contributed by atoms with Crippen LogP contribution in [0.1, 0.15) is 45.1 Å². The van der Waals surface area contributed by atoms with Crippen molar-refractivity contribution in [2.45, 2.75) is 45.7 Å². The third kappa shape index (κ3) is 3.02. The van der Waals surface area contributed by atoms with E-state index >= 15 is 0 Å². The predicted molar refractivity (Wildman–Crippen MR) is 106 cm³/mol. The fraction of sp³-hybridized carbons (Fsp3) is 0.474. The maximum Gasteiger partial charge on any atom is 0.237 e. The molecule has 2 heterocycles. The Morgan fingerprint density at radius 2 is 1.96 bits per heavy atom. The predicted octanol–water partition coefficient (Wildman–Crippen LogP) is 4.02. The fourth-order valence-electron chi connectivity index (χ4n) is 3.75. The van der Waals surface area contributed by atoms with Gasteiger partial charge in [0.15, 0.2) is 0 Å². The highest BCUT2D eigenvalue weighted by atomic mass is 35.5. The smallest absolute Gasteiger partial charge is 0.237 e. The first-order valence-corrected chi connectivity index (χ1v) is 9.51. The molecule has 0 saturated carbocycles. The summed E-state index contributed by atoms with van der Waals surface area (Å²) in [4.78, 5) is 19.1. The summed E-state index contributed by atoms with van der Waals surface area (Å²) in [7, 11) is 0. The van der Waals surface area contributed by atoms with Crippen molar-refractivity contribution < 1.29 is 4.79 Å². The molecule has 3 rings (SSSR count). The number of hydrogen-bond donors (Lipinski definition) is 1. The lowest BCUT2D eigenvalue weighted by molar-refractivity contribution is -0.137. The fourth-order valence-corrected chi connectivity index (χ4v) is 4.04. The molecule has 5 nitrogen and oxygen atoms in total. The van der Waals surface area contributed by atoms with Crippen molar-refractivity contribution in [3.8, 4) is 11.3 Å². The molecule has 0 bridgehead atoms. The van der Waals surface area contributed by atoms with Gasteiger partial charge in [-0.25, -0.2) is 4.98 Å². The molecule has 1 aromatic carbocycles. The Bertz CT molecular complexity index is 857. The summed E-state index contributed by atoms with van der Waals surface area (Å²) in [5, 5.41) is 1.02. The molecule has 0 radical (unpaired) electrons. The summed E-state index contributed by atoms with van der Waals surface area (Å²) in [6.45, 7) is 9.65. The monoisotopic (exact) mass is 394 g/mol. The van der Waals surface area contributed by atoms with Crippen LogP contribution in [0.5, 0.6) is 0 Å². The summed E-state index contributed by atoms with van der Waals surface area (Å²) >= 11 is 12.3. The minimum Gasteiger partial charge on any atom is -0.327 e. The number of fused-ring (bicyclic) bond motifs is 1. The Hall–Kier alpha value is -1.56. The van der Waals surface area contributed by atoms with Gasteiger partial charge in [0.2, 0.25) is 5.91 Å². The van der Waals surface area contributed by atoms with Gasteiger partial charge in [-0.3, -0.25) is 4.79 Å². The molecule has 26 heavy (non-hydrogen) atoms. The number of halogens is 2. The number of imidazole rings is 1. The minimum absolute atomic E-state index is 0.000819. The first-order chi connectivity index (χ1) is 12.2. The first kappa shape index (κ1) is 19.2. The van der Waals surface area contributed by atoms with Crippen LogP contribution in [0.15, 0.2) is 18.2 Å². The summed E-state index contributed by atoms with van der Waals surface area (Å²) in [6.07, 6.45) is 0. The summed E-state index contributed by atoms with van der Waals surface area (Å²) in [5.74, 6) is 1.08. The number of carbonyl (C=O) groups excluding carboxylic acids is 1. The van der Waals surface area contributed by atoms with Crippen molar-refractivity contribution in [2.75, 3.05) is 13.1 Å². The van der Waals surface area contributed by atoms with Crippen molar-refractivity contribution in [1.29, 1.82) is 0 Å². The topological polar surface area (TPSA) is 64.2 Å². The van der Waals surface area contributed by atoms with Gasteiger partial charge in [0.05, 0.1) is 27.8 Å². The van der Waals surface area contributed by atoms with E-state index in [-0.39, 0.29) is 18.4 Å². The number of carbonyl (C=O) groups is 1. The molecule has 1 aliphatic rings. The van der Waals surface area contributed by atoms with Crippen molar-refractivity contribution in [3.63, 3.8) is 0 Å². The Kier molecular flexibility index (Phi) is 5.08. The number of hydrogen-bond acceptors (Lipinski definition) is 3. The van der Waals surface area contributed by atoms with Gasteiger partial charge in [0.25, 0.3) is 0 Å². The summed E-state index contributed by atoms with van der Waals surface area (Å²) in [5.41, 5.74) is 8.03. The zero-order valence-electron chi connectivity index (χ0n) is 15.5. The number of benzene rings is 1. The van der Waals surface area contributed by atoms with Crippen LogP contribution in [0, 0.1) is 0 Å². The molecule has 1 aliphatic heterocycles. The molecule has 2 N–H and O–H groups in total. The molecule has 0 saturated heterocycles. The second-order valence-corrected chi connectivity index (χ2v) is 8.23. The largest absolute Gasteiger partial charge is 0.327 e. The van der Waals surface area contributed by atoms with Crippen LogP contribution < -0.4 is 5.73 Å². The zero-order valence-corrected chi connectivity index (χ0v) is 17.0.